The Balaban J connectivity index is 1.92. The normalized spacial score (nSPS) is 16.3. The zero-order chi connectivity index (χ0) is 13.9. The van der Waals surface area contributed by atoms with Gasteiger partial charge < -0.3 is 5.11 Å². The predicted octanol–water partition coefficient (Wildman–Crippen LogP) is 3.25. The second-order valence-electron chi connectivity index (χ2n) is 6.79. The predicted molar refractivity (Wildman–Crippen MR) is 80.5 cm³/mol. The van der Waals surface area contributed by atoms with E-state index in [2.05, 4.69) is 30.7 Å². The average molecular weight is 282 g/mol. The number of nitrogens with zero attached hydrogens (tertiary/aromatic N) is 2. The van der Waals surface area contributed by atoms with Gasteiger partial charge in [0, 0.05) is 43.2 Å². The van der Waals surface area contributed by atoms with Crippen LogP contribution >= 0.6 is 11.3 Å². The minimum atomic E-state index is 0.274. The molecule has 1 aliphatic carbocycles. The van der Waals surface area contributed by atoms with Crippen LogP contribution in [-0.2, 0) is 6.54 Å². The largest absolute Gasteiger partial charge is 0.396 e. The molecular formula is C15H26N2OS. The zero-order valence-electron chi connectivity index (χ0n) is 12.4. The van der Waals surface area contributed by atoms with Crippen molar-refractivity contribution in [2.24, 2.45) is 5.41 Å². The molecule has 0 unspecified atom stereocenters. The molecule has 1 aromatic rings. The van der Waals surface area contributed by atoms with E-state index in [4.69, 9.17) is 5.11 Å². The lowest BCUT2D eigenvalue weighted by Gasteiger charge is -2.29. The van der Waals surface area contributed by atoms with E-state index in [1.165, 1.54) is 22.7 Å². The second kappa shape index (κ2) is 6.33. The van der Waals surface area contributed by atoms with E-state index in [0.29, 0.717) is 5.41 Å². The molecule has 0 saturated heterocycles. The molecule has 1 saturated carbocycles. The van der Waals surface area contributed by atoms with Crippen molar-refractivity contribution in [1.82, 2.24) is 9.88 Å². The number of aromatic nitrogens is 1. The molecule has 0 aromatic carbocycles. The fourth-order valence-electron chi connectivity index (χ4n) is 2.31. The van der Waals surface area contributed by atoms with Crippen molar-refractivity contribution >= 4 is 11.3 Å². The molecule has 2 rings (SSSR count). The average Bonchev–Trinajstić information content (AvgIpc) is 3.06. The van der Waals surface area contributed by atoms with Crippen molar-refractivity contribution in [3.63, 3.8) is 0 Å². The van der Waals surface area contributed by atoms with Crippen molar-refractivity contribution < 1.29 is 5.11 Å². The Hall–Kier alpha value is -0.450. The number of aliphatic hydroxyl groups is 1. The maximum absolute atomic E-state index is 9.03. The van der Waals surface area contributed by atoms with Crippen LogP contribution in [0.25, 0.3) is 0 Å². The minimum Gasteiger partial charge on any atom is -0.396 e. The summed E-state index contributed by atoms with van der Waals surface area (Å²) in [4.78, 5) is 8.36. The second-order valence-corrected chi connectivity index (χ2v) is 7.93. The van der Waals surface area contributed by atoms with E-state index < -0.39 is 0 Å². The fourth-order valence-corrected chi connectivity index (χ4v) is 3.44. The Morgan fingerprint density at radius 1 is 1.42 bits per heavy atom. The van der Waals surface area contributed by atoms with Crippen molar-refractivity contribution in [3.8, 4) is 0 Å². The Morgan fingerprint density at radius 2 is 2.16 bits per heavy atom. The molecule has 1 fully saturated rings. The van der Waals surface area contributed by atoms with Gasteiger partial charge in [0.2, 0.25) is 0 Å². The Kier molecular flexibility index (Phi) is 4.98. The van der Waals surface area contributed by atoms with E-state index in [1.54, 1.807) is 0 Å². The molecule has 1 aromatic heterocycles. The smallest absolute Gasteiger partial charge is 0.0959 e. The first-order chi connectivity index (χ1) is 8.98. The summed E-state index contributed by atoms with van der Waals surface area (Å²) < 4.78 is 0. The molecule has 1 heterocycles. The molecule has 0 spiro atoms. The Morgan fingerprint density at radius 3 is 2.74 bits per heavy atom. The number of thiazole rings is 1. The summed E-state index contributed by atoms with van der Waals surface area (Å²) in [5.74, 6) is 0.757. The summed E-state index contributed by atoms with van der Waals surface area (Å²) >= 11 is 1.88. The van der Waals surface area contributed by atoms with Gasteiger partial charge in [-0.15, -0.1) is 11.3 Å². The molecule has 108 valence electrons. The van der Waals surface area contributed by atoms with Gasteiger partial charge in [0.1, 0.15) is 0 Å². The molecule has 1 N–H and O–H groups in total. The molecule has 0 atom stereocenters. The van der Waals surface area contributed by atoms with Gasteiger partial charge in [-0.3, -0.25) is 4.90 Å². The van der Waals surface area contributed by atoms with Gasteiger partial charge in [0.05, 0.1) is 5.01 Å². The van der Waals surface area contributed by atoms with Crippen molar-refractivity contribution in [3.05, 3.63) is 16.1 Å². The number of hydrogen-bond donors (Lipinski definition) is 1. The fraction of sp³-hybridized carbons (Fsp3) is 0.800. The molecule has 0 amide bonds. The topological polar surface area (TPSA) is 36.4 Å². The lowest BCUT2D eigenvalue weighted by Crippen LogP contribution is -2.33. The van der Waals surface area contributed by atoms with Gasteiger partial charge in [-0.05, 0) is 24.7 Å². The summed E-state index contributed by atoms with van der Waals surface area (Å²) in [7, 11) is 0. The monoisotopic (exact) mass is 282 g/mol. The van der Waals surface area contributed by atoms with Gasteiger partial charge in [-0.25, -0.2) is 4.98 Å². The summed E-state index contributed by atoms with van der Waals surface area (Å²) in [6.45, 7) is 10.1. The van der Waals surface area contributed by atoms with Crippen LogP contribution in [0, 0.1) is 5.41 Å². The van der Waals surface area contributed by atoms with Crippen LogP contribution in [0.5, 0.6) is 0 Å². The molecule has 0 aliphatic heterocycles. The first-order valence-corrected chi connectivity index (χ1v) is 8.07. The van der Waals surface area contributed by atoms with Crippen molar-refractivity contribution in [2.45, 2.75) is 52.5 Å². The summed E-state index contributed by atoms with van der Waals surface area (Å²) in [5, 5.41) is 10.4. The molecule has 0 radical (unpaired) electrons. The minimum absolute atomic E-state index is 0.274. The van der Waals surface area contributed by atoms with Crippen molar-refractivity contribution in [1.29, 1.82) is 0 Å². The van der Waals surface area contributed by atoms with Crippen LogP contribution in [0.2, 0.25) is 0 Å². The van der Waals surface area contributed by atoms with Crippen LogP contribution in [0.4, 0.5) is 0 Å². The number of rotatable bonds is 7. The van der Waals surface area contributed by atoms with Gasteiger partial charge in [0.25, 0.3) is 0 Å². The van der Waals surface area contributed by atoms with Crippen LogP contribution in [-0.4, -0.2) is 34.7 Å². The number of hydrogen-bond acceptors (Lipinski definition) is 4. The Labute approximate surface area is 120 Å². The molecule has 3 nitrogen and oxygen atoms in total. The molecule has 4 heteroatoms. The third kappa shape index (κ3) is 5.21. The molecule has 0 bridgehead atoms. The van der Waals surface area contributed by atoms with E-state index in [-0.39, 0.29) is 6.61 Å². The highest BCUT2D eigenvalue weighted by molar-refractivity contribution is 7.11. The summed E-state index contributed by atoms with van der Waals surface area (Å²) in [6, 6.07) is 0. The molecular weight excluding hydrogens is 256 g/mol. The third-order valence-electron chi connectivity index (χ3n) is 3.21. The van der Waals surface area contributed by atoms with E-state index in [0.717, 1.165) is 32.0 Å². The quantitative estimate of drug-likeness (QED) is 0.834. The van der Waals surface area contributed by atoms with Crippen LogP contribution in [0.15, 0.2) is 6.20 Å². The lowest BCUT2D eigenvalue weighted by molar-refractivity contribution is 0.167. The van der Waals surface area contributed by atoms with Gasteiger partial charge in [0.15, 0.2) is 0 Å². The SMILES string of the molecule is CC(C)(C)CN(CCCO)Cc1cnc(C2CC2)s1. The highest BCUT2D eigenvalue weighted by atomic mass is 32.1. The van der Waals surface area contributed by atoms with Crippen LogP contribution in [0.1, 0.15) is 55.8 Å². The molecule has 1 aliphatic rings. The first-order valence-electron chi connectivity index (χ1n) is 7.26. The van der Waals surface area contributed by atoms with Crippen LogP contribution < -0.4 is 0 Å². The summed E-state index contributed by atoms with van der Waals surface area (Å²) in [5.41, 5.74) is 0.291. The first kappa shape index (κ1) is 14.9. The van der Waals surface area contributed by atoms with Crippen molar-refractivity contribution in [2.75, 3.05) is 19.7 Å². The maximum atomic E-state index is 9.03. The van der Waals surface area contributed by atoms with Gasteiger partial charge in [-0.1, -0.05) is 20.8 Å². The summed E-state index contributed by atoms with van der Waals surface area (Å²) in [6.07, 6.45) is 5.55. The van der Waals surface area contributed by atoms with E-state index in [1.807, 2.05) is 17.5 Å². The standard InChI is InChI=1S/C15H26N2OS/c1-15(2,3)11-17(7-4-8-18)10-13-9-16-14(19-13)12-5-6-12/h9,12,18H,4-8,10-11H2,1-3H3. The lowest BCUT2D eigenvalue weighted by atomic mass is 9.96. The van der Waals surface area contributed by atoms with E-state index >= 15 is 0 Å². The van der Waals surface area contributed by atoms with Gasteiger partial charge >= 0.3 is 0 Å². The third-order valence-corrected chi connectivity index (χ3v) is 4.35. The van der Waals surface area contributed by atoms with E-state index in [9.17, 15) is 0 Å². The maximum Gasteiger partial charge on any atom is 0.0959 e. The molecule has 19 heavy (non-hydrogen) atoms. The number of aliphatic hydroxyl groups excluding tert-OH is 1. The Bertz CT molecular complexity index is 393. The van der Waals surface area contributed by atoms with Gasteiger partial charge in [-0.2, -0.15) is 0 Å². The highest BCUT2D eigenvalue weighted by Gasteiger charge is 2.27. The zero-order valence-corrected chi connectivity index (χ0v) is 13.2. The highest BCUT2D eigenvalue weighted by Crippen LogP contribution is 2.41. The van der Waals surface area contributed by atoms with Crippen LogP contribution in [0.3, 0.4) is 0 Å².